The van der Waals surface area contributed by atoms with Gasteiger partial charge in [0.1, 0.15) is 11.7 Å². The van der Waals surface area contributed by atoms with Crippen molar-refractivity contribution < 1.29 is 17.6 Å². The highest BCUT2D eigenvalue weighted by Crippen LogP contribution is 2.49. The predicted molar refractivity (Wildman–Crippen MR) is 109 cm³/mol. The molecule has 31 heavy (non-hydrogen) atoms. The summed E-state index contributed by atoms with van der Waals surface area (Å²) >= 11 is 0. The second-order valence-corrected chi connectivity index (χ2v) is 8.23. The van der Waals surface area contributed by atoms with Crippen molar-refractivity contribution >= 4 is 22.2 Å². The van der Waals surface area contributed by atoms with Crippen molar-refractivity contribution in [3.63, 3.8) is 0 Å². The highest BCUT2D eigenvalue weighted by Gasteiger charge is 2.47. The van der Waals surface area contributed by atoms with Gasteiger partial charge in [0, 0.05) is 29.5 Å². The number of nitrogens with one attached hydrogen (secondary N) is 2. The number of para-hydroxylation sites is 1. The number of hydrogen-bond donors (Lipinski definition) is 2. The van der Waals surface area contributed by atoms with Gasteiger partial charge in [0.05, 0.1) is 22.3 Å². The molecule has 5 rings (SSSR count). The van der Waals surface area contributed by atoms with Gasteiger partial charge >= 0.3 is 6.18 Å². The van der Waals surface area contributed by atoms with E-state index in [1.165, 1.54) is 16.7 Å². The van der Waals surface area contributed by atoms with Gasteiger partial charge in [-0.25, -0.2) is 4.39 Å². The van der Waals surface area contributed by atoms with E-state index in [1.807, 2.05) is 0 Å². The third-order valence-corrected chi connectivity index (χ3v) is 5.71. The average molecular weight is 429 g/mol. The molecule has 160 valence electrons. The Morgan fingerprint density at radius 1 is 1.13 bits per heavy atom. The molecule has 1 aromatic carbocycles. The van der Waals surface area contributed by atoms with Crippen molar-refractivity contribution in [1.29, 1.82) is 0 Å². The molecule has 1 aliphatic carbocycles. The Balaban J connectivity index is 1.93. The number of benzene rings is 1. The number of rotatable bonds is 1. The monoisotopic (exact) mass is 429 g/mol. The van der Waals surface area contributed by atoms with Crippen LogP contribution in [0.15, 0.2) is 53.6 Å². The third-order valence-electron chi connectivity index (χ3n) is 5.71. The summed E-state index contributed by atoms with van der Waals surface area (Å²) in [6.45, 7) is 5.20. The first-order valence-corrected chi connectivity index (χ1v) is 9.78. The number of aryl methyl sites for hydroxylation is 1. The Morgan fingerprint density at radius 3 is 2.65 bits per heavy atom. The van der Waals surface area contributed by atoms with Crippen LogP contribution in [-0.2, 0) is 5.54 Å². The van der Waals surface area contributed by atoms with Crippen LogP contribution in [-0.4, -0.2) is 25.9 Å². The van der Waals surface area contributed by atoms with Gasteiger partial charge in [0.15, 0.2) is 5.82 Å². The Labute approximate surface area is 175 Å². The van der Waals surface area contributed by atoms with Crippen molar-refractivity contribution in [1.82, 2.24) is 25.1 Å². The van der Waals surface area contributed by atoms with E-state index in [-0.39, 0.29) is 23.4 Å². The quantitative estimate of drug-likeness (QED) is 0.513. The van der Waals surface area contributed by atoms with E-state index in [1.54, 1.807) is 45.2 Å². The Bertz CT molecular complexity index is 1320. The number of alkyl halides is 3. The molecule has 0 amide bonds. The first-order chi connectivity index (χ1) is 14.6. The Hall–Kier alpha value is -3.36. The number of aromatic nitrogens is 4. The maximum Gasteiger partial charge on any atom is 0.419 e. The zero-order chi connectivity index (χ0) is 22.1. The van der Waals surface area contributed by atoms with Gasteiger partial charge in [0.2, 0.25) is 0 Å². The average Bonchev–Trinajstić information content (AvgIpc) is 3.28. The first kappa shape index (κ1) is 19.6. The summed E-state index contributed by atoms with van der Waals surface area (Å²) in [6, 6.07) is 6.62. The second kappa shape index (κ2) is 6.32. The fourth-order valence-corrected chi connectivity index (χ4v) is 4.44. The summed E-state index contributed by atoms with van der Waals surface area (Å²) in [5.74, 6) is -0.278. The van der Waals surface area contributed by atoms with Crippen molar-refractivity contribution in [2.45, 2.75) is 38.9 Å². The Kier molecular flexibility index (Phi) is 3.99. The minimum atomic E-state index is -4.84. The van der Waals surface area contributed by atoms with E-state index in [0.717, 1.165) is 0 Å². The number of H-pyrrole nitrogens is 1. The molecule has 2 aromatic heterocycles. The number of fused-ring (bicyclic) bond motifs is 3. The van der Waals surface area contributed by atoms with Gasteiger partial charge in [-0.2, -0.15) is 13.2 Å². The number of halogens is 4. The largest absolute Gasteiger partial charge is 0.419 e. The van der Waals surface area contributed by atoms with Crippen LogP contribution in [0, 0.1) is 6.92 Å². The van der Waals surface area contributed by atoms with Gasteiger partial charge in [0.25, 0.3) is 0 Å². The maximum absolute atomic E-state index is 15.4. The lowest BCUT2D eigenvalue weighted by atomic mass is 9.92. The second-order valence-electron chi connectivity index (χ2n) is 8.23. The third kappa shape index (κ3) is 2.83. The summed E-state index contributed by atoms with van der Waals surface area (Å²) in [7, 11) is 0. The lowest BCUT2D eigenvalue weighted by Gasteiger charge is -2.36. The van der Waals surface area contributed by atoms with E-state index in [4.69, 9.17) is 0 Å². The predicted octanol–water partition coefficient (Wildman–Crippen LogP) is 5.35. The molecule has 1 aliphatic heterocycles. The molecule has 0 bridgehead atoms. The van der Waals surface area contributed by atoms with Crippen molar-refractivity contribution in [2.24, 2.45) is 0 Å². The highest BCUT2D eigenvalue weighted by atomic mass is 19.4. The molecule has 3 heterocycles. The van der Waals surface area contributed by atoms with E-state index in [0.29, 0.717) is 22.6 Å². The molecule has 0 saturated carbocycles. The van der Waals surface area contributed by atoms with Gasteiger partial charge in [-0.1, -0.05) is 18.2 Å². The van der Waals surface area contributed by atoms with Gasteiger partial charge in [-0.3, -0.25) is 4.57 Å². The molecule has 0 fully saturated rings. The molecule has 2 N–H and O–H groups in total. The number of hydrogen-bond acceptors (Lipinski definition) is 3. The highest BCUT2D eigenvalue weighted by molar-refractivity contribution is 6.00. The SMILES string of the molecule is Cc1nnc2n1C1=C(CC=C(F)C(c3cccc4cc[nH]c34)=C1C(F)(F)F)NC2(C)C. The molecule has 0 radical (unpaired) electrons. The van der Waals surface area contributed by atoms with Crippen LogP contribution >= 0.6 is 0 Å². The Morgan fingerprint density at radius 2 is 1.90 bits per heavy atom. The summed E-state index contributed by atoms with van der Waals surface area (Å²) in [5, 5.41) is 12.0. The van der Waals surface area contributed by atoms with Crippen LogP contribution in [0.4, 0.5) is 17.6 Å². The van der Waals surface area contributed by atoms with Crippen LogP contribution in [0.3, 0.4) is 0 Å². The number of aromatic amines is 1. The standard InChI is InChI=1S/C22H19F4N5/c1-11-29-30-20-21(2,3)28-15-8-7-14(23)16(17(22(24,25)26)19(15)31(11)20)13-6-4-5-12-9-10-27-18(12)13/h4-7,9-10,27-28H,8H2,1-3H3. The summed E-state index contributed by atoms with van der Waals surface area (Å²) in [5.41, 5.74) is -1.62. The van der Waals surface area contributed by atoms with Gasteiger partial charge < -0.3 is 10.3 Å². The number of nitrogens with zero attached hydrogens (tertiary/aromatic N) is 3. The van der Waals surface area contributed by atoms with E-state index in [2.05, 4.69) is 20.5 Å². The van der Waals surface area contributed by atoms with Crippen molar-refractivity contribution in [3.05, 3.63) is 70.8 Å². The van der Waals surface area contributed by atoms with Gasteiger partial charge in [-0.05, 0) is 38.3 Å². The lowest BCUT2D eigenvalue weighted by molar-refractivity contribution is -0.0872. The minimum absolute atomic E-state index is 0.0224. The van der Waals surface area contributed by atoms with Crippen molar-refractivity contribution in [2.75, 3.05) is 0 Å². The van der Waals surface area contributed by atoms with Gasteiger partial charge in [-0.15, -0.1) is 10.2 Å². The van der Waals surface area contributed by atoms with Crippen molar-refractivity contribution in [3.8, 4) is 0 Å². The topological polar surface area (TPSA) is 58.5 Å². The molecule has 0 atom stereocenters. The molecule has 5 nitrogen and oxygen atoms in total. The zero-order valence-corrected chi connectivity index (χ0v) is 17.0. The van der Waals surface area contributed by atoms with E-state index >= 15 is 4.39 Å². The van der Waals surface area contributed by atoms with Crippen LogP contribution in [0.25, 0.3) is 22.2 Å². The fourth-order valence-electron chi connectivity index (χ4n) is 4.44. The van der Waals surface area contributed by atoms with E-state index in [9.17, 15) is 13.2 Å². The molecular weight excluding hydrogens is 410 g/mol. The first-order valence-electron chi connectivity index (χ1n) is 9.78. The summed E-state index contributed by atoms with van der Waals surface area (Å²) in [6.07, 6.45) is -2.04. The number of allylic oxidation sites excluding steroid dienone is 5. The normalized spacial score (nSPS) is 18.5. The van der Waals surface area contributed by atoms with Crippen LogP contribution in [0.5, 0.6) is 0 Å². The molecule has 2 aliphatic rings. The zero-order valence-electron chi connectivity index (χ0n) is 17.0. The van der Waals surface area contributed by atoms with Crippen LogP contribution in [0.2, 0.25) is 0 Å². The lowest BCUT2D eigenvalue weighted by Crippen LogP contribution is -2.43. The molecular formula is C22H19F4N5. The molecule has 0 saturated heterocycles. The summed E-state index contributed by atoms with van der Waals surface area (Å²) in [4.78, 5) is 2.95. The minimum Gasteiger partial charge on any atom is -0.374 e. The summed E-state index contributed by atoms with van der Waals surface area (Å²) < 4.78 is 60.9. The van der Waals surface area contributed by atoms with Crippen LogP contribution < -0.4 is 5.32 Å². The molecule has 9 heteroatoms. The van der Waals surface area contributed by atoms with Crippen LogP contribution in [0.1, 0.15) is 37.5 Å². The molecule has 0 spiro atoms. The smallest absolute Gasteiger partial charge is 0.374 e. The molecule has 3 aromatic rings. The molecule has 0 unspecified atom stereocenters. The maximum atomic E-state index is 15.4. The fraction of sp³-hybridized carbons (Fsp3) is 0.273. The van der Waals surface area contributed by atoms with E-state index < -0.39 is 28.7 Å².